The predicted molar refractivity (Wildman–Crippen MR) is 355 cm³/mol. The van der Waals surface area contributed by atoms with Gasteiger partial charge in [0.2, 0.25) is 6.79 Å². The quantitative estimate of drug-likeness (QED) is 0.179. The molecule has 0 saturated carbocycles. The van der Waals surface area contributed by atoms with Crippen LogP contribution in [0.3, 0.4) is 0 Å². The number of aryl methyl sites for hydroxylation is 5. The first-order valence-electron chi connectivity index (χ1n) is 26.7. The molecule has 12 rings (SSSR count). The number of aromatic nitrogens is 5. The number of benzene rings is 5. The van der Waals surface area contributed by atoms with Gasteiger partial charge >= 0.3 is 0 Å². The molecule has 1 N–H and O–H groups in total. The largest absolute Gasteiger partial charge is 0.454 e. The van der Waals surface area contributed by atoms with Crippen molar-refractivity contribution >= 4 is 65.3 Å². The van der Waals surface area contributed by atoms with E-state index in [1.165, 1.54) is 97.7 Å². The number of thiazole rings is 3. The number of hydrogen-bond donors (Lipinski definition) is 1. The van der Waals surface area contributed by atoms with Crippen LogP contribution in [0.4, 0.5) is 0 Å². The van der Waals surface area contributed by atoms with Crippen molar-refractivity contribution in [1.82, 2.24) is 25.1 Å². The highest BCUT2D eigenvalue weighted by Crippen LogP contribution is 2.35. The van der Waals surface area contributed by atoms with Gasteiger partial charge in [0.05, 0.1) is 52.9 Å². The molecule has 0 spiro atoms. The van der Waals surface area contributed by atoms with Crippen LogP contribution in [-0.4, -0.2) is 31.9 Å². The lowest BCUT2D eigenvalue weighted by Crippen LogP contribution is -1.99. The molecule has 0 fully saturated rings. The van der Waals surface area contributed by atoms with Gasteiger partial charge in [-0.3, -0.25) is 5.10 Å². The van der Waals surface area contributed by atoms with Gasteiger partial charge < -0.3 is 9.47 Å². The van der Waals surface area contributed by atoms with E-state index < -0.39 is 0 Å². The fourth-order valence-electron chi connectivity index (χ4n) is 8.71. The standard InChI is InChI=1S/C12H16.C11H13NS.C10H12N2.C10H15NS.C10H11NS.C10H12O2.6CH4/c1-9(2)11-7-6-10-4-3-5-12(10)8-11;1-7(2)9-4-5-11-10(6-9)12-8(3)13-11;1-7(2)8-3-4-9-6-11-12-10(9)5-8;2*1-7(2)10-11-8-5-3-4-6-9(8)12-10;1-7(2)8-3-4-9-10(5-8)12-6-11-9;;;;;;/h6-9H,3-5H2,1-2H3;4-7H,1-3H3;3-7H,1-2H3,(H,11,12);7H,3-6H2,1-2H3;3-7H,1-2H3;3-5,7H,6H2,1-2H3;6*1H4. The Morgan fingerprint density at radius 3 is 1.67 bits per heavy atom. The molecule has 0 saturated heterocycles. The molecule has 4 aromatic heterocycles. The highest BCUT2D eigenvalue weighted by atomic mass is 32.1. The van der Waals surface area contributed by atoms with E-state index in [2.05, 4.69) is 194 Å². The van der Waals surface area contributed by atoms with Crippen molar-refractivity contribution in [2.24, 2.45) is 0 Å². The monoisotopic (exact) mass is 1130 g/mol. The lowest BCUT2D eigenvalue weighted by molar-refractivity contribution is 0.174. The van der Waals surface area contributed by atoms with E-state index in [9.17, 15) is 0 Å². The first-order chi connectivity index (χ1) is 35.0. The lowest BCUT2D eigenvalue weighted by atomic mass is 9.99. The third-order valence-electron chi connectivity index (χ3n) is 13.3. The maximum Gasteiger partial charge on any atom is 0.231 e. The maximum atomic E-state index is 5.27. The van der Waals surface area contributed by atoms with Gasteiger partial charge in [-0.25, -0.2) is 15.0 Å². The average molecular weight is 1130 g/mol. The van der Waals surface area contributed by atoms with E-state index in [1.54, 1.807) is 38.7 Å². The summed E-state index contributed by atoms with van der Waals surface area (Å²) in [6, 6.07) is 34.4. The van der Waals surface area contributed by atoms with E-state index in [4.69, 9.17) is 9.47 Å². The summed E-state index contributed by atoms with van der Waals surface area (Å²) in [5.74, 6) is 5.28. The van der Waals surface area contributed by atoms with Crippen LogP contribution in [-0.2, 0) is 25.7 Å². The third kappa shape index (κ3) is 20.0. The summed E-state index contributed by atoms with van der Waals surface area (Å²) in [6.07, 6.45) is 11.0. The zero-order chi connectivity index (χ0) is 52.2. The topological polar surface area (TPSA) is 85.8 Å². The van der Waals surface area contributed by atoms with Crippen molar-refractivity contribution in [1.29, 1.82) is 0 Å². The fourth-order valence-corrected chi connectivity index (χ4v) is 11.6. The Labute approximate surface area is 492 Å². The molecule has 79 heavy (non-hydrogen) atoms. The van der Waals surface area contributed by atoms with Gasteiger partial charge in [-0.15, -0.1) is 34.0 Å². The van der Waals surface area contributed by atoms with Crippen LogP contribution in [0.15, 0.2) is 103 Å². The molecule has 1 aliphatic heterocycles. The maximum absolute atomic E-state index is 5.27. The molecule has 5 aromatic carbocycles. The van der Waals surface area contributed by atoms with Crippen LogP contribution in [0.5, 0.6) is 11.5 Å². The van der Waals surface area contributed by atoms with Crippen LogP contribution in [0, 0.1) is 6.92 Å². The normalized spacial score (nSPS) is 12.2. The summed E-state index contributed by atoms with van der Waals surface area (Å²) in [4.78, 5) is 15.2. The molecule has 10 heteroatoms. The van der Waals surface area contributed by atoms with Gasteiger partial charge in [0.1, 0.15) is 0 Å². The second kappa shape index (κ2) is 34.0. The summed E-state index contributed by atoms with van der Waals surface area (Å²) >= 11 is 5.49. The van der Waals surface area contributed by atoms with E-state index in [0.717, 1.165) is 33.1 Å². The second-order valence-corrected chi connectivity index (χ2v) is 24.7. The fraction of sp³-hybridized carbons (Fsp3) is 0.478. The van der Waals surface area contributed by atoms with Crippen molar-refractivity contribution in [2.45, 2.75) is 215 Å². The van der Waals surface area contributed by atoms with E-state index in [1.807, 2.05) is 35.7 Å². The molecule has 9 aromatic rings. The molecule has 0 atom stereocenters. The molecule has 5 heterocycles. The smallest absolute Gasteiger partial charge is 0.231 e. The highest BCUT2D eigenvalue weighted by Gasteiger charge is 2.17. The molecule has 2 aliphatic carbocycles. The molecular formula is C69H103N5O2S3. The summed E-state index contributed by atoms with van der Waals surface area (Å²) in [7, 11) is 0. The van der Waals surface area contributed by atoms with Crippen LogP contribution in [0.2, 0.25) is 0 Å². The van der Waals surface area contributed by atoms with Gasteiger partial charge in [-0.05, 0) is 151 Å². The molecule has 0 radical (unpaired) electrons. The Bertz CT molecular complexity index is 3030. The van der Waals surface area contributed by atoms with Crippen LogP contribution < -0.4 is 9.47 Å². The van der Waals surface area contributed by atoms with E-state index in [-0.39, 0.29) is 44.6 Å². The number of aromatic amines is 1. The number of para-hydroxylation sites is 1. The minimum Gasteiger partial charge on any atom is -0.454 e. The van der Waals surface area contributed by atoms with Crippen LogP contribution in [0.1, 0.15) is 241 Å². The molecule has 0 bridgehead atoms. The SMILES string of the molecule is C.C.C.C.C.C.CC(C)c1ccc2c(c1)CCC2.CC(C)c1ccc2c(c1)OCO2.CC(C)c1ccc2cn[nH]c2c1.CC(C)c1nc2c(s1)CCCC2.CC(C)c1nc2ccccc2s1.Cc1nc2cc(C(C)C)ccc2s1. The minimum absolute atomic E-state index is 0. The number of ether oxygens (including phenoxy) is 2. The number of nitrogens with zero attached hydrogens (tertiary/aromatic N) is 4. The molecule has 3 aliphatic rings. The minimum atomic E-state index is 0. The molecule has 434 valence electrons. The Morgan fingerprint density at radius 2 is 1.01 bits per heavy atom. The Kier molecular flexibility index (Phi) is 30.8. The summed E-state index contributed by atoms with van der Waals surface area (Å²) in [5, 5.41) is 11.8. The molecule has 0 unspecified atom stereocenters. The first-order valence-corrected chi connectivity index (χ1v) is 29.1. The summed E-state index contributed by atoms with van der Waals surface area (Å²) in [6.45, 7) is 28.9. The summed E-state index contributed by atoms with van der Waals surface area (Å²) in [5.41, 5.74) is 13.5. The summed E-state index contributed by atoms with van der Waals surface area (Å²) < 4.78 is 13.1. The number of nitrogens with one attached hydrogen (secondary N) is 1. The van der Waals surface area contributed by atoms with Gasteiger partial charge in [0.15, 0.2) is 11.5 Å². The molecular weight excluding hydrogens is 1030 g/mol. The highest BCUT2D eigenvalue weighted by molar-refractivity contribution is 7.18. The van der Waals surface area contributed by atoms with Gasteiger partial charge in [0.25, 0.3) is 0 Å². The Morgan fingerprint density at radius 1 is 0.456 bits per heavy atom. The number of hydrogen-bond acceptors (Lipinski definition) is 9. The van der Waals surface area contributed by atoms with Crippen molar-refractivity contribution in [2.75, 3.05) is 6.79 Å². The zero-order valence-electron chi connectivity index (χ0n) is 45.8. The first kappa shape index (κ1) is 71.6. The van der Waals surface area contributed by atoms with Crippen molar-refractivity contribution < 1.29 is 9.47 Å². The van der Waals surface area contributed by atoms with E-state index >= 15 is 0 Å². The van der Waals surface area contributed by atoms with Crippen molar-refractivity contribution in [3.63, 3.8) is 0 Å². The third-order valence-corrected chi connectivity index (χ3v) is 17.1. The van der Waals surface area contributed by atoms with Crippen molar-refractivity contribution in [3.05, 3.63) is 162 Å². The van der Waals surface area contributed by atoms with Crippen molar-refractivity contribution in [3.8, 4) is 11.5 Å². The van der Waals surface area contributed by atoms with Gasteiger partial charge in [0, 0.05) is 22.1 Å². The Hall–Kier alpha value is -5.42. The average Bonchev–Trinajstić information content (AvgIpc) is 4.25. The number of fused-ring (bicyclic) bond motifs is 6. The van der Waals surface area contributed by atoms with E-state index in [0.29, 0.717) is 42.3 Å². The van der Waals surface area contributed by atoms with Gasteiger partial charge in [-0.2, -0.15) is 5.10 Å². The second-order valence-electron chi connectivity index (χ2n) is 21.2. The van der Waals surface area contributed by atoms with Gasteiger partial charge in [-0.1, -0.05) is 182 Å². The molecule has 0 amide bonds. The number of rotatable bonds is 6. The number of H-pyrrole nitrogens is 1. The van der Waals surface area contributed by atoms with Crippen LogP contribution >= 0.6 is 34.0 Å². The molecule has 7 nitrogen and oxygen atoms in total. The predicted octanol–water partition coefficient (Wildman–Crippen LogP) is 22.6. The Balaban J connectivity index is 0.000000467. The van der Waals surface area contributed by atoms with Crippen LogP contribution in [0.25, 0.3) is 31.3 Å². The lowest BCUT2D eigenvalue weighted by Gasteiger charge is -2.07. The zero-order valence-corrected chi connectivity index (χ0v) is 48.2.